The van der Waals surface area contributed by atoms with E-state index in [2.05, 4.69) is 21.0 Å². The van der Waals surface area contributed by atoms with Crippen LogP contribution in [0.5, 0.6) is 0 Å². The first-order valence-electron chi connectivity index (χ1n) is 4.36. The van der Waals surface area contributed by atoms with Crippen molar-refractivity contribution >= 4 is 33.5 Å². The number of nitrogens with two attached hydrogens (primary N) is 1. The fourth-order valence-electron chi connectivity index (χ4n) is 1.29. The summed E-state index contributed by atoms with van der Waals surface area (Å²) in [6.07, 6.45) is 1.98. The van der Waals surface area contributed by atoms with E-state index in [1.54, 1.807) is 16.4 Å². The summed E-state index contributed by atoms with van der Waals surface area (Å²) in [7, 11) is 0. The van der Waals surface area contributed by atoms with E-state index in [0.717, 1.165) is 15.2 Å². The number of thioether (sulfide) groups is 1. The second-order valence-electron chi connectivity index (χ2n) is 3.00. The lowest BCUT2D eigenvalue weighted by molar-refractivity contribution is 0.846. The third kappa shape index (κ3) is 2.18. The number of halogens is 1. The van der Waals surface area contributed by atoms with Crippen LogP contribution >= 0.6 is 27.7 Å². The maximum atomic E-state index is 5.87. The zero-order chi connectivity index (χ0) is 10.8. The van der Waals surface area contributed by atoms with E-state index in [1.807, 2.05) is 36.6 Å². The van der Waals surface area contributed by atoms with Gasteiger partial charge < -0.3 is 5.73 Å². The number of anilines is 1. The Labute approximate surface area is 101 Å². The Morgan fingerprint density at radius 2 is 2.20 bits per heavy atom. The number of hydrogen-bond acceptors (Lipinski definition) is 3. The molecule has 1 heterocycles. The van der Waals surface area contributed by atoms with Gasteiger partial charge >= 0.3 is 0 Å². The Bertz CT molecular complexity index is 481. The third-order valence-electron chi connectivity index (χ3n) is 1.98. The summed E-state index contributed by atoms with van der Waals surface area (Å²) in [5.41, 5.74) is 6.83. The lowest BCUT2D eigenvalue weighted by atomic mass is 10.3. The van der Waals surface area contributed by atoms with Crippen molar-refractivity contribution in [2.45, 2.75) is 5.03 Å². The topological polar surface area (TPSA) is 43.8 Å². The van der Waals surface area contributed by atoms with Crippen LogP contribution in [-0.2, 0) is 0 Å². The largest absolute Gasteiger partial charge is 0.384 e. The van der Waals surface area contributed by atoms with Gasteiger partial charge in [-0.05, 0) is 24.5 Å². The number of nitrogen functional groups attached to an aromatic ring is 1. The van der Waals surface area contributed by atoms with Gasteiger partial charge in [-0.15, -0.1) is 11.8 Å². The van der Waals surface area contributed by atoms with Crippen molar-refractivity contribution in [1.29, 1.82) is 0 Å². The van der Waals surface area contributed by atoms with Crippen LogP contribution < -0.4 is 5.73 Å². The number of benzene rings is 1. The first-order chi connectivity index (χ1) is 7.20. The maximum absolute atomic E-state index is 5.87. The fourth-order valence-corrected chi connectivity index (χ4v) is 2.08. The van der Waals surface area contributed by atoms with Gasteiger partial charge in [-0.2, -0.15) is 5.10 Å². The Kier molecular flexibility index (Phi) is 3.02. The van der Waals surface area contributed by atoms with Crippen molar-refractivity contribution in [3.8, 4) is 5.69 Å². The van der Waals surface area contributed by atoms with E-state index in [1.165, 1.54) is 0 Å². The number of nitrogens with zero attached hydrogens (tertiary/aromatic N) is 2. The van der Waals surface area contributed by atoms with Gasteiger partial charge in [0.2, 0.25) is 0 Å². The van der Waals surface area contributed by atoms with Crippen LogP contribution in [0.2, 0.25) is 0 Å². The molecule has 0 saturated heterocycles. The third-order valence-corrected chi connectivity index (χ3v) is 3.09. The average Bonchev–Trinajstić information content (AvgIpc) is 2.60. The molecule has 0 spiro atoms. The quantitative estimate of drug-likeness (QED) is 0.862. The molecule has 1 aromatic heterocycles. The molecule has 0 bridgehead atoms. The molecule has 0 aliphatic carbocycles. The molecule has 5 heteroatoms. The highest BCUT2D eigenvalue weighted by molar-refractivity contribution is 9.10. The molecule has 0 fully saturated rings. The minimum atomic E-state index is 0.650. The zero-order valence-electron chi connectivity index (χ0n) is 8.14. The molecule has 15 heavy (non-hydrogen) atoms. The summed E-state index contributed by atoms with van der Waals surface area (Å²) in [6.45, 7) is 0. The van der Waals surface area contributed by atoms with Crippen molar-refractivity contribution in [3.05, 3.63) is 34.8 Å². The number of rotatable bonds is 2. The fraction of sp³-hybridized carbons (Fsp3) is 0.100. The SMILES string of the molecule is CSc1cc(N)n(-c2cccc(Br)c2)n1. The highest BCUT2D eigenvalue weighted by Crippen LogP contribution is 2.21. The minimum absolute atomic E-state index is 0.650. The minimum Gasteiger partial charge on any atom is -0.384 e. The molecule has 0 unspecified atom stereocenters. The van der Waals surface area contributed by atoms with E-state index in [4.69, 9.17) is 5.73 Å². The van der Waals surface area contributed by atoms with Crippen LogP contribution in [0, 0.1) is 0 Å². The molecule has 0 amide bonds. The summed E-state index contributed by atoms with van der Waals surface area (Å²) in [6, 6.07) is 9.75. The van der Waals surface area contributed by atoms with Gasteiger partial charge in [-0.25, -0.2) is 4.68 Å². The predicted octanol–water partition coefficient (Wildman–Crippen LogP) is 2.94. The molecular formula is C10H10BrN3S. The molecule has 0 aliphatic heterocycles. The van der Waals surface area contributed by atoms with E-state index < -0.39 is 0 Å². The van der Waals surface area contributed by atoms with Gasteiger partial charge in [0.05, 0.1) is 5.69 Å². The molecule has 2 rings (SSSR count). The van der Waals surface area contributed by atoms with E-state index in [-0.39, 0.29) is 0 Å². The number of hydrogen-bond donors (Lipinski definition) is 1. The lowest BCUT2D eigenvalue weighted by Gasteiger charge is -2.03. The average molecular weight is 284 g/mol. The standard InChI is InChI=1S/C10H10BrN3S/c1-15-10-6-9(12)14(13-10)8-4-2-3-7(11)5-8/h2-6H,12H2,1H3. The van der Waals surface area contributed by atoms with Gasteiger partial charge in [-0.3, -0.25) is 0 Å². The van der Waals surface area contributed by atoms with Crippen molar-refractivity contribution in [1.82, 2.24) is 9.78 Å². The molecule has 78 valence electrons. The first-order valence-corrected chi connectivity index (χ1v) is 6.38. The highest BCUT2D eigenvalue weighted by atomic mass is 79.9. The Morgan fingerprint density at radius 1 is 1.40 bits per heavy atom. The normalized spacial score (nSPS) is 10.5. The van der Waals surface area contributed by atoms with Crippen LogP contribution in [0.4, 0.5) is 5.82 Å². The van der Waals surface area contributed by atoms with Crippen LogP contribution in [-0.4, -0.2) is 16.0 Å². The molecule has 1 aromatic carbocycles. The monoisotopic (exact) mass is 283 g/mol. The Balaban J connectivity index is 2.48. The summed E-state index contributed by atoms with van der Waals surface area (Å²) < 4.78 is 2.75. The van der Waals surface area contributed by atoms with Crippen LogP contribution in [0.1, 0.15) is 0 Å². The maximum Gasteiger partial charge on any atom is 0.128 e. The first kappa shape index (κ1) is 10.6. The second-order valence-corrected chi connectivity index (χ2v) is 4.75. The van der Waals surface area contributed by atoms with Gasteiger partial charge in [0.1, 0.15) is 10.8 Å². The molecule has 2 aromatic rings. The summed E-state index contributed by atoms with van der Waals surface area (Å²) >= 11 is 5.00. The van der Waals surface area contributed by atoms with Crippen molar-refractivity contribution < 1.29 is 0 Å². The second kappa shape index (κ2) is 4.28. The lowest BCUT2D eigenvalue weighted by Crippen LogP contribution is -2.01. The summed E-state index contributed by atoms with van der Waals surface area (Å²) in [4.78, 5) is 0. The van der Waals surface area contributed by atoms with Crippen LogP contribution in [0.15, 0.2) is 39.8 Å². The van der Waals surface area contributed by atoms with E-state index in [0.29, 0.717) is 5.82 Å². The Morgan fingerprint density at radius 3 is 2.80 bits per heavy atom. The highest BCUT2D eigenvalue weighted by Gasteiger charge is 2.05. The summed E-state index contributed by atoms with van der Waals surface area (Å²) in [5, 5.41) is 5.30. The summed E-state index contributed by atoms with van der Waals surface area (Å²) in [5.74, 6) is 0.650. The predicted molar refractivity (Wildman–Crippen MR) is 67.5 cm³/mol. The molecule has 0 radical (unpaired) electrons. The molecule has 3 nitrogen and oxygen atoms in total. The Hall–Kier alpha value is -0.940. The molecule has 0 saturated carbocycles. The smallest absolute Gasteiger partial charge is 0.128 e. The van der Waals surface area contributed by atoms with Crippen molar-refractivity contribution in [3.63, 3.8) is 0 Å². The molecular weight excluding hydrogens is 274 g/mol. The number of aromatic nitrogens is 2. The van der Waals surface area contributed by atoms with Crippen molar-refractivity contribution in [2.75, 3.05) is 12.0 Å². The molecule has 0 atom stereocenters. The molecule has 2 N–H and O–H groups in total. The van der Waals surface area contributed by atoms with Gasteiger partial charge in [0.15, 0.2) is 0 Å². The van der Waals surface area contributed by atoms with Gasteiger partial charge in [-0.1, -0.05) is 22.0 Å². The molecule has 0 aliphatic rings. The van der Waals surface area contributed by atoms with E-state index in [9.17, 15) is 0 Å². The zero-order valence-corrected chi connectivity index (χ0v) is 10.5. The van der Waals surface area contributed by atoms with Crippen LogP contribution in [0.25, 0.3) is 5.69 Å². The van der Waals surface area contributed by atoms with E-state index >= 15 is 0 Å². The van der Waals surface area contributed by atoms with Gasteiger partial charge in [0.25, 0.3) is 0 Å². The van der Waals surface area contributed by atoms with Crippen LogP contribution in [0.3, 0.4) is 0 Å². The van der Waals surface area contributed by atoms with Gasteiger partial charge in [0, 0.05) is 10.5 Å². The van der Waals surface area contributed by atoms with Crippen molar-refractivity contribution in [2.24, 2.45) is 0 Å².